The van der Waals surface area contributed by atoms with Crippen molar-refractivity contribution in [3.05, 3.63) is 29.3 Å². The van der Waals surface area contributed by atoms with Gasteiger partial charge in [-0.1, -0.05) is 19.1 Å². The number of hydrogen-bond donors (Lipinski definition) is 1. The zero-order valence-corrected chi connectivity index (χ0v) is 12.8. The first-order valence-corrected chi connectivity index (χ1v) is 8.04. The molecule has 0 aliphatic carbocycles. The van der Waals surface area contributed by atoms with E-state index >= 15 is 0 Å². The molecule has 2 unspecified atom stereocenters. The van der Waals surface area contributed by atoms with Gasteiger partial charge in [0, 0.05) is 12.5 Å². The maximum absolute atomic E-state index is 5.85. The Bertz CT molecular complexity index is 457. The van der Waals surface area contributed by atoms with E-state index in [0.29, 0.717) is 19.3 Å². The largest absolute Gasteiger partial charge is 0.493 e. The molecule has 1 aromatic carbocycles. The van der Waals surface area contributed by atoms with Crippen molar-refractivity contribution in [3.63, 3.8) is 0 Å². The maximum atomic E-state index is 5.85. The van der Waals surface area contributed by atoms with Gasteiger partial charge in [-0.05, 0) is 36.6 Å². The van der Waals surface area contributed by atoms with Crippen LogP contribution in [0.25, 0.3) is 0 Å². The minimum Gasteiger partial charge on any atom is -0.493 e. The summed E-state index contributed by atoms with van der Waals surface area (Å²) in [4.78, 5) is 0. The van der Waals surface area contributed by atoms with Crippen molar-refractivity contribution in [2.24, 2.45) is 0 Å². The lowest BCUT2D eigenvalue weighted by molar-refractivity contribution is -0.102. The Hall–Kier alpha value is -1.10. The van der Waals surface area contributed by atoms with Crippen LogP contribution in [0.4, 0.5) is 0 Å². The third kappa shape index (κ3) is 3.76. The van der Waals surface area contributed by atoms with E-state index in [1.807, 2.05) is 0 Å². The Morgan fingerprint density at radius 2 is 2.24 bits per heavy atom. The first-order chi connectivity index (χ1) is 10.4. The monoisotopic (exact) mass is 291 g/mol. The fraction of sp³-hybridized carbons (Fsp3) is 0.647. The number of fused-ring (bicyclic) bond motifs is 1. The summed E-state index contributed by atoms with van der Waals surface area (Å²) in [5, 5.41) is 3.55. The fourth-order valence-electron chi connectivity index (χ4n) is 3.14. The van der Waals surface area contributed by atoms with Crippen molar-refractivity contribution in [1.29, 1.82) is 0 Å². The molecule has 0 amide bonds. The molecular weight excluding hydrogens is 266 g/mol. The van der Waals surface area contributed by atoms with E-state index in [2.05, 4.69) is 30.4 Å². The van der Waals surface area contributed by atoms with Gasteiger partial charge in [-0.3, -0.25) is 0 Å². The number of hydrogen-bond acceptors (Lipinski definition) is 4. The van der Waals surface area contributed by atoms with Gasteiger partial charge in [-0.25, -0.2) is 0 Å². The van der Waals surface area contributed by atoms with Crippen molar-refractivity contribution in [1.82, 2.24) is 5.32 Å². The number of rotatable bonds is 6. The van der Waals surface area contributed by atoms with E-state index in [1.54, 1.807) is 0 Å². The summed E-state index contributed by atoms with van der Waals surface area (Å²) < 4.78 is 17.0. The highest BCUT2D eigenvalue weighted by molar-refractivity contribution is 5.39. The van der Waals surface area contributed by atoms with Crippen LogP contribution >= 0.6 is 0 Å². The highest BCUT2D eigenvalue weighted by atomic mass is 16.6. The summed E-state index contributed by atoms with van der Waals surface area (Å²) in [7, 11) is 0. The minimum atomic E-state index is 0.177. The van der Waals surface area contributed by atoms with Crippen molar-refractivity contribution in [3.8, 4) is 5.75 Å². The van der Waals surface area contributed by atoms with E-state index in [-0.39, 0.29) is 6.10 Å². The summed E-state index contributed by atoms with van der Waals surface area (Å²) >= 11 is 0. The third-order valence-electron chi connectivity index (χ3n) is 4.25. The fourth-order valence-corrected chi connectivity index (χ4v) is 3.14. The topological polar surface area (TPSA) is 39.7 Å². The SMILES string of the molecule is CCNC(CCc1ccc2c(c1)CCO2)C1COCCO1. The Labute approximate surface area is 126 Å². The van der Waals surface area contributed by atoms with Crippen molar-refractivity contribution in [2.45, 2.75) is 38.3 Å². The minimum absolute atomic E-state index is 0.177. The van der Waals surface area contributed by atoms with Crippen molar-refractivity contribution >= 4 is 0 Å². The Morgan fingerprint density at radius 3 is 3.05 bits per heavy atom. The molecule has 0 aromatic heterocycles. The quantitative estimate of drug-likeness (QED) is 0.869. The summed E-state index contributed by atoms with van der Waals surface area (Å²) in [5.74, 6) is 1.06. The smallest absolute Gasteiger partial charge is 0.122 e. The van der Waals surface area contributed by atoms with Crippen LogP contribution in [0.1, 0.15) is 24.5 Å². The Morgan fingerprint density at radius 1 is 1.29 bits per heavy atom. The van der Waals surface area contributed by atoms with Crippen LogP contribution < -0.4 is 10.1 Å². The molecule has 0 bridgehead atoms. The molecule has 2 heterocycles. The van der Waals surface area contributed by atoms with Gasteiger partial charge in [0.15, 0.2) is 0 Å². The highest BCUT2D eigenvalue weighted by Crippen LogP contribution is 2.26. The first kappa shape index (κ1) is 14.8. The molecule has 4 nitrogen and oxygen atoms in total. The standard InChI is InChI=1S/C17H25NO3/c1-2-18-15(17-12-19-9-10-21-17)5-3-13-4-6-16-14(11-13)7-8-20-16/h4,6,11,15,17-18H,2-3,5,7-10,12H2,1H3. The lowest BCUT2D eigenvalue weighted by Gasteiger charge is -2.31. The van der Waals surface area contributed by atoms with E-state index < -0.39 is 0 Å². The van der Waals surface area contributed by atoms with Crippen molar-refractivity contribution in [2.75, 3.05) is 33.0 Å². The molecule has 116 valence electrons. The lowest BCUT2D eigenvalue weighted by atomic mass is 9.99. The van der Waals surface area contributed by atoms with E-state index in [4.69, 9.17) is 14.2 Å². The zero-order valence-electron chi connectivity index (χ0n) is 12.8. The Balaban J connectivity index is 1.58. The molecule has 2 atom stereocenters. The second-order valence-corrected chi connectivity index (χ2v) is 5.73. The third-order valence-corrected chi connectivity index (χ3v) is 4.25. The van der Waals surface area contributed by atoms with Gasteiger partial charge in [-0.2, -0.15) is 0 Å². The second kappa shape index (κ2) is 7.25. The normalized spacial score (nSPS) is 22.6. The lowest BCUT2D eigenvalue weighted by Crippen LogP contribution is -2.46. The van der Waals surface area contributed by atoms with Crippen LogP contribution in [0.5, 0.6) is 5.75 Å². The molecule has 4 heteroatoms. The molecular formula is C17H25NO3. The molecule has 1 fully saturated rings. The first-order valence-electron chi connectivity index (χ1n) is 8.04. The van der Waals surface area contributed by atoms with Gasteiger partial charge in [0.25, 0.3) is 0 Å². The summed E-state index contributed by atoms with van der Waals surface area (Å²) in [6.07, 6.45) is 3.35. The maximum Gasteiger partial charge on any atom is 0.122 e. The molecule has 3 rings (SSSR count). The summed E-state index contributed by atoms with van der Waals surface area (Å²) in [6.45, 7) is 6.07. The number of benzene rings is 1. The van der Waals surface area contributed by atoms with Crippen LogP contribution in [-0.4, -0.2) is 45.1 Å². The van der Waals surface area contributed by atoms with Crippen LogP contribution in [0.15, 0.2) is 18.2 Å². The van der Waals surface area contributed by atoms with Crippen molar-refractivity contribution < 1.29 is 14.2 Å². The second-order valence-electron chi connectivity index (χ2n) is 5.73. The number of likely N-dealkylation sites (N-methyl/N-ethyl adjacent to an activating group) is 1. The molecule has 0 radical (unpaired) electrons. The van der Waals surface area contributed by atoms with E-state index in [9.17, 15) is 0 Å². The van der Waals surface area contributed by atoms with E-state index in [0.717, 1.165) is 44.8 Å². The predicted molar refractivity (Wildman–Crippen MR) is 82.0 cm³/mol. The average Bonchev–Trinajstić information content (AvgIpc) is 3.00. The average molecular weight is 291 g/mol. The van der Waals surface area contributed by atoms with Crippen LogP contribution in [0.3, 0.4) is 0 Å². The molecule has 0 spiro atoms. The number of aryl methyl sites for hydroxylation is 1. The zero-order chi connectivity index (χ0) is 14.5. The van der Waals surface area contributed by atoms with Crippen LogP contribution in [0, 0.1) is 0 Å². The predicted octanol–water partition coefficient (Wildman–Crippen LogP) is 1.95. The molecule has 0 saturated carbocycles. The summed E-state index contributed by atoms with van der Waals surface area (Å²) in [5.41, 5.74) is 2.74. The number of nitrogens with one attached hydrogen (secondary N) is 1. The van der Waals surface area contributed by atoms with Crippen LogP contribution in [-0.2, 0) is 22.3 Å². The van der Waals surface area contributed by atoms with Gasteiger partial charge < -0.3 is 19.5 Å². The van der Waals surface area contributed by atoms with Gasteiger partial charge >= 0.3 is 0 Å². The molecule has 1 N–H and O–H groups in total. The Kier molecular flexibility index (Phi) is 5.12. The van der Waals surface area contributed by atoms with E-state index in [1.165, 1.54) is 11.1 Å². The highest BCUT2D eigenvalue weighted by Gasteiger charge is 2.24. The van der Waals surface area contributed by atoms with Gasteiger partial charge in [0.1, 0.15) is 5.75 Å². The summed E-state index contributed by atoms with van der Waals surface area (Å²) in [6, 6.07) is 6.95. The number of ether oxygens (including phenoxy) is 3. The molecule has 21 heavy (non-hydrogen) atoms. The van der Waals surface area contributed by atoms with Gasteiger partial charge in [0.2, 0.25) is 0 Å². The van der Waals surface area contributed by atoms with Crippen LogP contribution in [0.2, 0.25) is 0 Å². The molecule has 2 aliphatic heterocycles. The molecule has 2 aliphatic rings. The van der Waals surface area contributed by atoms with Gasteiger partial charge in [-0.15, -0.1) is 0 Å². The molecule has 1 saturated heterocycles. The molecule has 1 aromatic rings. The van der Waals surface area contributed by atoms with Gasteiger partial charge in [0.05, 0.1) is 32.5 Å².